The van der Waals surface area contributed by atoms with Gasteiger partial charge in [-0.25, -0.2) is 4.79 Å². The number of nitrogens with zero attached hydrogens (tertiary/aromatic N) is 4. The number of rotatable bonds is 5. The minimum atomic E-state index is -0.277. The molecule has 0 amide bonds. The van der Waals surface area contributed by atoms with E-state index in [0.717, 1.165) is 56.2 Å². The fraction of sp³-hybridized carbons (Fsp3) is 0.444. The average molecular weight is 342 g/mol. The Balaban J connectivity index is 1.31. The predicted octanol–water partition coefficient (Wildman–Crippen LogP) is 1.71. The Morgan fingerprint density at radius 1 is 1.08 bits per heavy atom. The van der Waals surface area contributed by atoms with Crippen LogP contribution in [0.1, 0.15) is 11.5 Å². The highest BCUT2D eigenvalue weighted by molar-refractivity contribution is 5.72. The maximum atomic E-state index is 12.0. The summed E-state index contributed by atoms with van der Waals surface area (Å²) < 4.78 is 12.1. The van der Waals surface area contributed by atoms with Crippen LogP contribution in [0.3, 0.4) is 0 Å². The smallest absolute Gasteiger partial charge is 0.408 e. The largest absolute Gasteiger partial charge is 0.419 e. The van der Waals surface area contributed by atoms with Crippen LogP contribution < -0.4 is 5.76 Å². The average Bonchev–Trinajstić information content (AvgIpc) is 3.16. The van der Waals surface area contributed by atoms with Crippen molar-refractivity contribution in [2.24, 2.45) is 0 Å². The van der Waals surface area contributed by atoms with Crippen LogP contribution in [0.5, 0.6) is 0 Å². The van der Waals surface area contributed by atoms with E-state index in [0.29, 0.717) is 12.1 Å². The van der Waals surface area contributed by atoms with Crippen molar-refractivity contribution in [1.82, 2.24) is 19.5 Å². The van der Waals surface area contributed by atoms with E-state index >= 15 is 0 Å². The van der Waals surface area contributed by atoms with Gasteiger partial charge >= 0.3 is 5.76 Å². The lowest BCUT2D eigenvalue weighted by Crippen LogP contribution is -2.47. The van der Waals surface area contributed by atoms with Crippen molar-refractivity contribution in [2.45, 2.75) is 20.0 Å². The summed E-state index contributed by atoms with van der Waals surface area (Å²) in [6.45, 7) is 8.20. The van der Waals surface area contributed by atoms with E-state index in [1.54, 1.807) is 4.57 Å². The zero-order valence-corrected chi connectivity index (χ0v) is 14.4. The molecule has 1 aromatic carbocycles. The number of oxazole rings is 1. The first-order valence-corrected chi connectivity index (χ1v) is 8.64. The Hall–Kier alpha value is -2.38. The van der Waals surface area contributed by atoms with Gasteiger partial charge in [-0.1, -0.05) is 17.3 Å². The summed E-state index contributed by atoms with van der Waals surface area (Å²) in [4.78, 5) is 16.8. The third-order valence-corrected chi connectivity index (χ3v) is 4.74. The van der Waals surface area contributed by atoms with Crippen molar-refractivity contribution in [3.05, 3.63) is 52.3 Å². The third kappa shape index (κ3) is 3.52. The molecule has 132 valence electrons. The van der Waals surface area contributed by atoms with Crippen LogP contribution in [0.2, 0.25) is 0 Å². The Bertz CT molecular complexity index is 902. The van der Waals surface area contributed by atoms with Gasteiger partial charge in [-0.15, -0.1) is 0 Å². The van der Waals surface area contributed by atoms with Gasteiger partial charge in [0, 0.05) is 51.9 Å². The number of fused-ring (bicyclic) bond motifs is 1. The van der Waals surface area contributed by atoms with E-state index < -0.39 is 0 Å². The minimum Gasteiger partial charge on any atom is -0.408 e. The van der Waals surface area contributed by atoms with Crippen LogP contribution in [-0.4, -0.2) is 52.2 Å². The van der Waals surface area contributed by atoms with Crippen molar-refractivity contribution >= 4 is 11.1 Å². The molecular weight excluding hydrogens is 320 g/mol. The van der Waals surface area contributed by atoms with Gasteiger partial charge in [-0.2, -0.15) is 0 Å². The molecule has 7 nitrogen and oxygen atoms in total. The van der Waals surface area contributed by atoms with Gasteiger partial charge in [0.05, 0.1) is 11.2 Å². The first-order valence-electron chi connectivity index (χ1n) is 8.64. The van der Waals surface area contributed by atoms with Crippen molar-refractivity contribution in [3.8, 4) is 0 Å². The van der Waals surface area contributed by atoms with E-state index in [1.165, 1.54) is 0 Å². The van der Waals surface area contributed by atoms with Gasteiger partial charge in [0.15, 0.2) is 5.58 Å². The number of aryl methyl sites for hydroxylation is 1. The number of benzene rings is 1. The number of hydrogen-bond acceptors (Lipinski definition) is 6. The van der Waals surface area contributed by atoms with Crippen LogP contribution in [0.25, 0.3) is 11.1 Å². The Morgan fingerprint density at radius 3 is 2.60 bits per heavy atom. The van der Waals surface area contributed by atoms with E-state index in [4.69, 9.17) is 8.94 Å². The fourth-order valence-corrected chi connectivity index (χ4v) is 3.36. The third-order valence-electron chi connectivity index (χ3n) is 4.74. The lowest BCUT2D eigenvalue weighted by Gasteiger charge is -2.34. The van der Waals surface area contributed by atoms with Crippen LogP contribution in [0, 0.1) is 6.92 Å². The molecule has 1 saturated heterocycles. The summed E-state index contributed by atoms with van der Waals surface area (Å²) >= 11 is 0. The molecule has 1 aliphatic heterocycles. The maximum absolute atomic E-state index is 12.0. The Morgan fingerprint density at radius 2 is 1.84 bits per heavy atom. The fourth-order valence-electron chi connectivity index (χ4n) is 3.36. The van der Waals surface area contributed by atoms with Gasteiger partial charge in [0.1, 0.15) is 5.76 Å². The second-order valence-electron chi connectivity index (χ2n) is 6.53. The van der Waals surface area contributed by atoms with Gasteiger partial charge in [0.25, 0.3) is 0 Å². The standard InChI is InChI=1S/C18H22N4O3/c1-14-12-15(19-25-14)13-21-8-6-20(7-9-21)10-11-22-16-4-2-3-5-17(16)24-18(22)23/h2-5,12H,6-11,13H2,1H3. The van der Waals surface area contributed by atoms with Crippen molar-refractivity contribution in [1.29, 1.82) is 0 Å². The molecule has 0 aliphatic carbocycles. The number of para-hydroxylation sites is 2. The summed E-state index contributed by atoms with van der Waals surface area (Å²) in [5.41, 5.74) is 2.51. The molecule has 0 bridgehead atoms. The summed E-state index contributed by atoms with van der Waals surface area (Å²) in [6, 6.07) is 9.56. The van der Waals surface area contributed by atoms with Gasteiger partial charge in [-0.3, -0.25) is 14.4 Å². The van der Waals surface area contributed by atoms with Gasteiger partial charge in [-0.05, 0) is 19.1 Å². The quantitative estimate of drug-likeness (QED) is 0.703. The number of aromatic nitrogens is 2. The second-order valence-corrected chi connectivity index (χ2v) is 6.53. The molecule has 7 heteroatoms. The van der Waals surface area contributed by atoms with Crippen LogP contribution >= 0.6 is 0 Å². The molecule has 3 aromatic rings. The molecule has 4 rings (SSSR count). The molecule has 0 saturated carbocycles. The van der Waals surface area contributed by atoms with Crippen LogP contribution in [-0.2, 0) is 13.1 Å². The van der Waals surface area contributed by atoms with E-state index in [1.807, 2.05) is 37.3 Å². The van der Waals surface area contributed by atoms with Crippen LogP contribution in [0.4, 0.5) is 0 Å². The van der Waals surface area contributed by atoms with E-state index in [2.05, 4.69) is 15.0 Å². The minimum absolute atomic E-state index is 0.277. The molecule has 1 aliphatic rings. The molecule has 0 unspecified atom stereocenters. The Kier molecular flexibility index (Phi) is 4.42. The normalized spacial score (nSPS) is 16.7. The highest BCUT2D eigenvalue weighted by atomic mass is 16.5. The second kappa shape index (κ2) is 6.85. The van der Waals surface area contributed by atoms with Crippen molar-refractivity contribution in [3.63, 3.8) is 0 Å². The SMILES string of the molecule is Cc1cc(CN2CCN(CCn3c(=O)oc4ccccc43)CC2)no1. The summed E-state index contributed by atoms with van der Waals surface area (Å²) in [5, 5.41) is 4.06. The zero-order chi connectivity index (χ0) is 17.2. The first-order chi connectivity index (χ1) is 12.2. The van der Waals surface area contributed by atoms with Crippen molar-refractivity contribution in [2.75, 3.05) is 32.7 Å². The maximum Gasteiger partial charge on any atom is 0.419 e. The predicted molar refractivity (Wildman–Crippen MR) is 93.4 cm³/mol. The molecular formula is C18H22N4O3. The highest BCUT2D eigenvalue weighted by Crippen LogP contribution is 2.13. The molecule has 0 radical (unpaired) electrons. The first kappa shape index (κ1) is 16.1. The summed E-state index contributed by atoms with van der Waals surface area (Å²) in [5.74, 6) is 0.577. The lowest BCUT2D eigenvalue weighted by molar-refractivity contribution is 0.122. The molecule has 1 fully saturated rings. The number of piperazine rings is 1. The lowest BCUT2D eigenvalue weighted by atomic mass is 10.2. The monoisotopic (exact) mass is 342 g/mol. The Labute approximate surface area is 145 Å². The molecule has 3 heterocycles. The summed E-state index contributed by atoms with van der Waals surface area (Å²) in [6.07, 6.45) is 0. The molecule has 25 heavy (non-hydrogen) atoms. The van der Waals surface area contributed by atoms with Crippen molar-refractivity contribution < 1.29 is 8.94 Å². The molecule has 0 N–H and O–H groups in total. The topological polar surface area (TPSA) is 67.7 Å². The van der Waals surface area contributed by atoms with E-state index in [9.17, 15) is 4.79 Å². The molecule has 0 atom stereocenters. The van der Waals surface area contributed by atoms with E-state index in [-0.39, 0.29) is 5.76 Å². The molecule has 0 spiro atoms. The van der Waals surface area contributed by atoms with Gasteiger partial charge < -0.3 is 8.94 Å². The summed E-state index contributed by atoms with van der Waals surface area (Å²) in [7, 11) is 0. The van der Waals surface area contributed by atoms with Crippen LogP contribution in [0.15, 0.2) is 44.1 Å². The number of hydrogen-bond donors (Lipinski definition) is 0. The van der Waals surface area contributed by atoms with Gasteiger partial charge in [0.2, 0.25) is 0 Å². The highest BCUT2D eigenvalue weighted by Gasteiger charge is 2.18. The molecule has 2 aromatic heterocycles. The zero-order valence-electron chi connectivity index (χ0n) is 14.4.